The van der Waals surface area contributed by atoms with Gasteiger partial charge in [-0.2, -0.15) is 0 Å². The molecule has 0 aliphatic rings. The average Bonchev–Trinajstić information content (AvgIpc) is 3.68. The molecule has 3 heterocycles. The maximum Gasteiger partial charge on any atom is 0.164 e. The molecule has 0 saturated heterocycles. The van der Waals surface area contributed by atoms with Gasteiger partial charge in [0.1, 0.15) is 11.2 Å². The van der Waals surface area contributed by atoms with Crippen molar-refractivity contribution in [2.75, 3.05) is 0 Å². The lowest BCUT2D eigenvalue weighted by molar-refractivity contribution is 0.669. The van der Waals surface area contributed by atoms with E-state index in [4.69, 9.17) is 24.4 Å². The summed E-state index contributed by atoms with van der Waals surface area (Å²) in [5, 5.41) is 5.61. The van der Waals surface area contributed by atoms with E-state index in [-0.39, 0.29) is 0 Å². The fourth-order valence-electron chi connectivity index (χ4n) is 8.01. The number of fused-ring (bicyclic) bond motifs is 6. The van der Waals surface area contributed by atoms with Crippen molar-refractivity contribution in [2.45, 2.75) is 0 Å². The molecule has 0 saturated carbocycles. The minimum absolute atomic E-state index is 0.574. The Morgan fingerprint density at radius 3 is 1.60 bits per heavy atom. The van der Waals surface area contributed by atoms with E-state index in [1.807, 2.05) is 78.9 Å². The Bertz CT molecular complexity index is 3230. The molecule has 0 aliphatic carbocycles. The summed E-state index contributed by atoms with van der Waals surface area (Å²) in [4.78, 5) is 20.7. The highest BCUT2D eigenvalue weighted by Gasteiger charge is 2.19. The summed E-state index contributed by atoms with van der Waals surface area (Å²) in [6.07, 6.45) is 0. The van der Waals surface area contributed by atoms with Crippen LogP contribution in [0.25, 0.3) is 111 Å². The quantitative estimate of drug-likeness (QED) is 0.160. The number of benzene rings is 8. The van der Waals surface area contributed by atoms with E-state index in [2.05, 4.69) is 115 Å². The fraction of sp³-hybridized carbons (Fsp3) is 0. The van der Waals surface area contributed by atoms with Gasteiger partial charge in [0, 0.05) is 38.4 Å². The van der Waals surface area contributed by atoms with Crippen molar-refractivity contribution >= 4 is 43.6 Å². The third-order valence-electron chi connectivity index (χ3n) is 10.7. The van der Waals surface area contributed by atoms with Crippen molar-refractivity contribution in [1.29, 1.82) is 0 Å². The standard InChI is InChI=1S/C52H32N4O/c1-4-15-33(16-5-1)43-32-45(53-44-28-27-34-17-10-11-22-40(34)48(43)44)38-29-37(41-24-14-26-47-49(41)42-23-12-13-25-46(42)57-47)30-39(31-38)52-55-50(35-18-6-2-7-19-35)54-51(56-52)36-20-8-3-9-21-36/h1-32H. The predicted octanol–water partition coefficient (Wildman–Crippen LogP) is 13.5. The Morgan fingerprint density at radius 1 is 0.316 bits per heavy atom. The Hall–Kier alpha value is -7.76. The van der Waals surface area contributed by atoms with Crippen LogP contribution in [0.15, 0.2) is 199 Å². The molecule has 0 radical (unpaired) electrons. The van der Waals surface area contributed by atoms with E-state index in [0.717, 1.165) is 83.0 Å². The van der Waals surface area contributed by atoms with Gasteiger partial charge in [-0.1, -0.05) is 152 Å². The summed E-state index contributed by atoms with van der Waals surface area (Å²) in [6, 6.07) is 66.9. The number of nitrogens with zero attached hydrogens (tertiary/aromatic N) is 4. The Morgan fingerprint density at radius 2 is 0.877 bits per heavy atom. The molecule has 11 aromatic rings. The smallest absolute Gasteiger partial charge is 0.164 e. The third-order valence-corrected chi connectivity index (χ3v) is 10.7. The van der Waals surface area contributed by atoms with Gasteiger partial charge in [-0.05, 0) is 75.5 Å². The van der Waals surface area contributed by atoms with Gasteiger partial charge in [-0.3, -0.25) is 0 Å². The van der Waals surface area contributed by atoms with Crippen LogP contribution in [0.4, 0.5) is 0 Å². The molecule has 3 aromatic heterocycles. The minimum Gasteiger partial charge on any atom is -0.456 e. The van der Waals surface area contributed by atoms with Crippen LogP contribution in [0, 0.1) is 0 Å². The molecule has 0 spiro atoms. The molecule has 266 valence electrons. The van der Waals surface area contributed by atoms with Crippen LogP contribution in [0.1, 0.15) is 0 Å². The van der Waals surface area contributed by atoms with E-state index >= 15 is 0 Å². The summed E-state index contributed by atoms with van der Waals surface area (Å²) < 4.78 is 6.38. The molecule has 0 N–H and O–H groups in total. The van der Waals surface area contributed by atoms with Crippen molar-refractivity contribution < 1.29 is 4.42 Å². The van der Waals surface area contributed by atoms with Gasteiger partial charge in [-0.15, -0.1) is 0 Å². The van der Waals surface area contributed by atoms with Gasteiger partial charge in [-0.25, -0.2) is 19.9 Å². The van der Waals surface area contributed by atoms with Crippen LogP contribution in [0.3, 0.4) is 0 Å². The first-order chi connectivity index (χ1) is 28.2. The fourth-order valence-corrected chi connectivity index (χ4v) is 8.01. The largest absolute Gasteiger partial charge is 0.456 e. The summed E-state index contributed by atoms with van der Waals surface area (Å²) in [7, 11) is 0. The Labute approximate surface area is 328 Å². The minimum atomic E-state index is 0.574. The number of furan rings is 1. The zero-order valence-electron chi connectivity index (χ0n) is 30.7. The molecule has 0 amide bonds. The van der Waals surface area contributed by atoms with Crippen LogP contribution < -0.4 is 0 Å². The highest BCUT2D eigenvalue weighted by Crippen LogP contribution is 2.42. The number of pyridine rings is 1. The molecule has 5 nitrogen and oxygen atoms in total. The monoisotopic (exact) mass is 728 g/mol. The first-order valence-corrected chi connectivity index (χ1v) is 19.0. The van der Waals surface area contributed by atoms with Gasteiger partial charge in [0.25, 0.3) is 0 Å². The van der Waals surface area contributed by atoms with Gasteiger partial charge < -0.3 is 4.42 Å². The second-order valence-corrected chi connectivity index (χ2v) is 14.2. The van der Waals surface area contributed by atoms with E-state index < -0.39 is 0 Å². The molecule has 0 atom stereocenters. The van der Waals surface area contributed by atoms with Crippen molar-refractivity contribution in [1.82, 2.24) is 19.9 Å². The van der Waals surface area contributed by atoms with E-state index in [1.165, 1.54) is 10.8 Å². The van der Waals surface area contributed by atoms with Gasteiger partial charge in [0.05, 0.1) is 11.2 Å². The van der Waals surface area contributed by atoms with Gasteiger partial charge >= 0.3 is 0 Å². The van der Waals surface area contributed by atoms with Crippen molar-refractivity contribution in [3.8, 4) is 67.7 Å². The highest BCUT2D eigenvalue weighted by molar-refractivity contribution is 6.15. The van der Waals surface area contributed by atoms with Crippen LogP contribution in [-0.2, 0) is 0 Å². The molecule has 57 heavy (non-hydrogen) atoms. The summed E-state index contributed by atoms with van der Waals surface area (Å²) >= 11 is 0. The lowest BCUT2D eigenvalue weighted by Gasteiger charge is -2.15. The molecule has 0 unspecified atom stereocenters. The van der Waals surface area contributed by atoms with Crippen molar-refractivity contribution in [3.63, 3.8) is 0 Å². The maximum atomic E-state index is 6.38. The summed E-state index contributed by atoms with van der Waals surface area (Å²) in [5.41, 5.74) is 11.4. The number of hydrogen-bond acceptors (Lipinski definition) is 5. The van der Waals surface area contributed by atoms with Crippen LogP contribution in [0.5, 0.6) is 0 Å². The third kappa shape index (κ3) is 5.81. The van der Waals surface area contributed by atoms with Crippen molar-refractivity contribution in [2.24, 2.45) is 0 Å². The number of aromatic nitrogens is 4. The SMILES string of the molecule is c1ccc(-c2nc(-c3ccccc3)nc(-c3cc(-c4cc(-c5ccccc5)c5c(ccc6ccccc65)n4)cc(-c4cccc5oc6ccccc6c45)c3)n2)cc1. The van der Waals surface area contributed by atoms with Gasteiger partial charge in [0.2, 0.25) is 0 Å². The Kier molecular flexibility index (Phi) is 7.74. The lowest BCUT2D eigenvalue weighted by atomic mass is 9.92. The molecular weight excluding hydrogens is 697 g/mol. The van der Waals surface area contributed by atoms with Crippen LogP contribution >= 0.6 is 0 Å². The second-order valence-electron chi connectivity index (χ2n) is 14.2. The lowest BCUT2D eigenvalue weighted by Crippen LogP contribution is -2.00. The number of hydrogen-bond donors (Lipinski definition) is 0. The van der Waals surface area contributed by atoms with E-state index in [9.17, 15) is 0 Å². The molecule has 8 aromatic carbocycles. The first kappa shape index (κ1) is 32.7. The Balaban J connectivity index is 1.21. The average molecular weight is 729 g/mol. The molecule has 0 aliphatic heterocycles. The van der Waals surface area contributed by atoms with Crippen molar-refractivity contribution in [3.05, 3.63) is 194 Å². The maximum absolute atomic E-state index is 6.38. The highest BCUT2D eigenvalue weighted by atomic mass is 16.3. The molecule has 5 heteroatoms. The first-order valence-electron chi connectivity index (χ1n) is 19.0. The zero-order valence-corrected chi connectivity index (χ0v) is 30.7. The predicted molar refractivity (Wildman–Crippen MR) is 233 cm³/mol. The topological polar surface area (TPSA) is 64.7 Å². The van der Waals surface area contributed by atoms with E-state index in [0.29, 0.717) is 17.5 Å². The molecule has 0 bridgehead atoms. The normalized spacial score (nSPS) is 11.5. The van der Waals surface area contributed by atoms with Gasteiger partial charge in [0.15, 0.2) is 17.5 Å². The van der Waals surface area contributed by atoms with Crippen LogP contribution in [-0.4, -0.2) is 19.9 Å². The summed E-state index contributed by atoms with van der Waals surface area (Å²) in [6.45, 7) is 0. The zero-order chi connectivity index (χ0) is 37.7. The molecular formula is C52H32N4O. The second kappa shape index (κ2) is 13.5. The number of rotatable bonds is 6. The molecule has 11 rings (SSSR count). The van der Waals surface area contributed by atoms with Crippen LogP contribution in [0.2, 0.25) is 0 Å². The molecule has 0 fully saturated rings. The van der Waals surface area contributed by atoms with E-state index in [1.54, 1.807) is 0 Å². The summed E-state index contributed by atoms with van der Waals surface area (Å²) in [5.74, 6) is 1.79. The number of para-hydroxylation sites is 1.